The number of thioether (sulfide) groups is 6. The maximum Gasteiger partial charge on any atom is 0.109 e. The molecule has 0 aromatic heterocycles. The first-order chi connectivity index (χ1) is 8.42. The third kappa shape index (κ3) is 7.77. The zero-order valence-corrected chi connectivity index (χ0v) is 17.3. The minimum Gasteiger partial charge on any atom is -0.151 e. The van der Waals surface area contributed by atoms with Gasteiger partial charge in [-0.2, -0.15) is 35.3 Å². The van der Waals surface area contributed by atoms with E-state index in [9.17, 15) is 0 Å². The Labute approximate surface area is 139 Å². The molecule has 0 spiro atoms. The summed E-state index contributed by atoms with van der Waals surface area (Å²) in [6.45, 7) is 9.32. The molecule has 3 atom stereocenters. The third-order valence-corrected chi connectivity index (χ3v) is 11.7. The standard InChI is InChI=1S/C12H26S6/c1-8-12(16-9(2)13-5,17-10(3)14-6)18-11(4)15-7/h9-11H,8H2,1-7H3. The summed E-state index contributed by atoms with van der Waals surface area (Å²) >= 11 is 12.3. The molecule has 0 bridgehead atoms. The summed E-state index contributed by atoms with van der Waals surface area (Å²) in [5.41, 5.74) is 0. The molecule has 0 rings (SSSR count). The van der Waals surface area contributed by atoms with E-state index >= 15 is 0 Å². The molecule has 0 radical (unpaired) electrons. The Morgan fingerprint density at radius 3 is 1.17 bits per heavy atom. The van der Waals surface area contributed by atoms with E-state index < -0.39 is 0 Å². The Balaban J connectivity index is 4.81. The molecular formula is C12H26S6. The lowest BCUT2D eigenvalue weighted by molar-refractivity contribution is 0.998. The van der Waals surface area contributed by atoms with Gasteiger partial charge in [0.05, 0.1) is 0 Å². The van der Waals surface area contributed by atoms with Crippen LogP contribution in [0, 0.1) is 0 Å². The van der Waals surface area contributed by atoms with Crippen molar-refractivity contribution in [3.05, 3.63) is 0 Å². The molecule has 0 aliphatic carbocycles. The number of hydrogen-bond acceptors (Lipinski definition) is 6. The third-order valence-electron chi connectivity index (χ3n) is 2.47. The van der Waals surface area contributed by atoms with Crippen LogP contribution in [-0.2, 0) is 0 Å². The zero-order chi connectivity index (χ0) is 14.2. The average Bonchev–Trinajstić information content (AvgIpc) is 2.37. The summed E-state index contributed by atoms with van der Waals surface area (Å²) in [6, 6.07) is 0. The van der Waals surface area contributed by atoms with Crippen molar-refractivity contribution in [1.29, 1.82) is 0 Å². The van der Waals surface area contributed by atoms with Crippen LogP contribution < -0.4 is 0 Å². The van der Waals surface area contributed by atoms with Crippen LogP contribution >= 0.6 is 70.6 Å². The molecule has 0 saturated heterocycles. The molecule has 0 fully saturated rings. The molecule has 0 aliphatic rings. The molecule has 18 heavy (non-hydrogen) atoms. The molecule has 0 aromatic carbocycles. The van der Waals surface area contributed by atoms with E-state index in [4.69, 9.17) is 0 Å². The van der Waals surface area contributed by atoms with Crippen molar-refractivity contribution in [3.63, 3.8) is 0 Å². The highest BCUT2D eigenvalue weighted by Crippen LogP contribution is 2.57. The first-order valence-electron chi connectivity index (χ1n) is 6.04. The van der Waals surface area contributed by atoms with Gasteiger partial charge in [-0.25, -0.2) is 0 Å². The van der Waals surface area contributed by atoms with Gasteiger partial charge in [-0.1, -0.05) is 6.92 Å². The van der Waals surface area contributed by atoms with E-state index in [0.717, 1.165) is 0 Å². The van der Waals surface area contributed by atoms with E-state index in [1.54, 1.807) is 0 Å². The van der Waals surface area contributed by atoms with E-state index in [0.29, 0.717) is 17.2 Å². The van der Waals surface area contributed by atoms with Crippen LogP contribution in [0.15, 0.2) is 0 Å². The Kier molecular flexibility index (Phi) is 12.0. The highest BCUT2D eigenvalue weighted by Gasteiger charge is 2.35. The van der Waals surface area contributed by atoms with Gasteiger partial charge < -0.3 is 0 Å². The lowest BCUT2D eigenvalue weighted by Crippen LogP contribution is -2.22. The van der Waals surface area contributed by atoms with E-state index in [2.05, 4.69) is 81.7 Å². The lowest BCUT2D eigenvalue weighted by Gasteiger charge is -2.36. The van der Waals surface area contributed by atoms with Crippen molar-refractivity contribution >= 4 is 70.6 Å². The van der Waals surface area contributed by atoms with Gasteiger partial charge in [0.25, 0.3) is 0 Å². The van der Waals surface area contributed by atoms with E-state index in [1.807, 2.05) is 35.3 Å². The van der Waals surface area contributed by atoms with Gasteiger partial charge in [0.2, 0.25) is 0 Å². The molecule has 0 N–H and O–H groups in total. The zero-order valence-electron chi connectivity index (χ0n) is 12.4. The van der Waals surface area contributed by atoms with Crippen LogP contribution in [0.2, 0.25) is 0 Å². The van der Waals surface area contributed by atoms with Gasteiger partial charge in [0, 0.05) is 13.7 Å². The molecule has 0 saturated carbocycles. The number of rotatable bonds is 10. The van der Waals surface area contributed by atoms with Crippen molar-refractivity contribution in [1.82, 2.24) is 0 Å². The summed E-state index contributed by atoms with van der Waals surface area (Å²) in [5.74, 6) is 0. The monoisotopic (exact) mass is 362 g/mol. The van der Waals surface area contributed by atoms with Crippen molar-refractivity contribution in [2.45, 2.75) is 51.3 Å². The van der Waals surface area contributed by atoms with Gasteiger partial charge in [0.1, 0.15) is 3.41 Å². The van der Waals surface area contributed by atoms with Gasteiger partial charge >= 0.3 is 0 Å². The van der Waals surface area contributed by atoms with E-state index in [-0.39, 0.29) is 0 Å². The van der Waals surface area contributed by atoms with Crippen molar-refractivity contribution < 1.29 is 0 Å². The summed E-state index contributed by atoms with van der Waals surface area (Å²) in [5, 5.41) is 0. The van der Waals surface area contributed by atoms with Crippen molar-refractivity contribution in [2.75, 3.05) is 18.8 Å². The average molecular weight is 363 g/mol. The van der Waals surface area contributed by atoms with Gasteiger partial charge in [-0.3, -0.25) is 0 Å². The maximum atomic E-state index is 2.33. The lowest BCUT2D eigenvalue weighted by atomic mass is 10.6. The van der Waals surface area contributed by atoms with Crippen LogP contribution in [0.3, 0.4) is 0 Å². The van der Waals surface area contributed by atoms with Crippen LogP contribution in [0.1, 0.15) is 34.1 Å². The molecule has 110 valence electrons. The highest BCUT2D eigenvalue weighted by atomic mass is 32.3. The Morgan fingerprint density at radius 1 is 0.722 bits per heavy atom. The first kappa shape index (κ1) is 20.1. The molecule has 0 aliphatic heterocycles. The van der Waals surface area contributed by atoms with Crippen LogP contribution in [-0.4, -0.2) is 35.9 Å². The fourth-order valence-electron chi connectivity index (χ4n) is 1.24. The normalized spacial score (nSPS) is 20.2. The summed E-state index contributed by atoms with van der Waals surface area (Å²) in [6.07, 6.45) is 7.85. The minimum atomic E-state index is 0.299. The SMILES string of the molecule is CCC(SC(C)SC)(SC(C)SC)SC(C)SC. The molecule has 0 heterocycles. The highest BCUT2D eigenvalue weighted by molar-refractivity contribution is 8.40. The second kappa shape index (κ2) is 10.8. The largest absolute Gasteiger partial charge is 0.151 e. The topological polar surface area (TPSA) is 0 Å². The predicted octanol–water partition coefficient (Wildman–Crippen LogP) is 6.38. The number of hydrogen-bond donors (Lipinski definition) is 0. The molecule has 0 nitrogen and oxygen atoms in total. The fraction of sp³-hybridized carbons (Fsp3) is 1.00. The van der Waals surface area contributed by atoms with Crippen molar-refractivity contribution in [2.24, 2.45) is 0 Å². The van der Waals surface area contributed by atoms with Gasteiger partial charge in [-0.15, -0.1) is 35.3 Å². The fourth-order valence-corrected chi connectivity index (χ4v) is 10.2. The van der Waals surface area contributed by atoms with Gasteiger partial charge in [0.15, 0.2) is 0 Å². The maximum absolute atomic E-state index is 2.33. The van der Waals surface area contributed by atoms with Gasteiger partial charge in [-0.05, 0) is 46.0 Å². The molecule has 6 heteroatoms. The Bertz CT molecular complexity index is 179. The first-order valence-corrected chi connectivity index (χ1v) is 12.5. The molecule has 3 unspecified atom stereocenters. The smallest absolute Gasteiger partial charge is 0.109 e. The van der Waals surface area contributed by atoms with Crippen LogP contribution in [0.5, 0.6) is 0 Å². The molecule has 0 amide bonds. The Hall–Kier alpha value is 2.10. The molecule has 0 aromatic rings. The molecular weight excluding hydrogens is 337 g/mol. The Morgan fingerprint density at radius 2 is 1.00 bits per heavy atom. The van der Waals surface area contributed by atoms with Crippen LogP contribution in [0.4, 0.5) is 0 Å². The predicted molar refractivity (Wildman–Crippen MR) is 105 cm³/mol. The second-order valence-electron chi connectivity index (χ2n) is 3.80. The minimum absolute atomic E-state index is 0.299. The summed E-state index contributed by atoms with van der Waals surface area (Å²) in [4.78, 5) is 0. The summed E-state index contributed by atoms with van der Waals surface area (Å²) in [7, 11) is 0. The van der Waals surface area contributed by atoms with E-state index in [1.165, 1.54) is 6.42 Å². The van der Waals surface area contributed by atoms with Crippen LogP contribution in [0.25, 0.3) is 0 Å². The summed E-state index contributed by atoms with van der Waals surface area (Å²) < 4.78 is 2.28. The van der Waals surface area contributed by atoms with Crippen molar-refractivity contribution in [3.8, 4) is 0 Å². The second-order valence-corrected chi connectivity index (χ2v) is 13.9. The quantitative estimate of drug-likeness (QED) is 0.411.